The topological polar surface area (TPSA) is 21.3 Å². The maximum absolute atomic E-state index is 12.6. The van der Waals surface area contributed by atoms with Gasteiger partial charge in [0.2, 0.25) is 0 Å². The molecule has 0 aliphatic rings. The Labute approximate surface area is 147 Å². The Morgan fingerprint density at radius 2 is 1.60 bits per heavy atom. The Hall–Kier alpha value is -2.01. The van der Waals surface area contributed by atoms with E-state index in [1.54, 1.807) is 0 Å². The van der Waals surface area contributed by atoms with E-state index in [9.17, 15) is 13.2 Å². The first-order valence-electron chi connectivity index (χ1n) is 8.26. The van der Waals surface area contributed by atoms with Crippen LogP contribution in [-0.2, 0) is 18.1 Å². The lowest BCUT2D eigenvalue weighted by Crippen LogP contribution is -2.21. The molecule has 0 unspecified atom stereocenters. The van der Waals surface area contributed by atoms with Gasteiger partial charge in [-0.3, -0.25) is 0 Å². The highest BCUT2D eigenvalue weighted by Crippen LogP contribution is 2.31. The molecule has 1 N–H and O–H groups in total. The van der Waals surface area contributed by atoms with Gasteiger partial charge in [0, 0.05) is 13.1 Å². The number of benzene rings is 2. The average molecular weight is 351 g/mol. The van der Waals surface area contributed by atoms with Crippen LogP contribution >= 0.6 is 0 Å². The van der Waals surface area contributed by atoms with Crippen molar-refractivity contribution in [3.05, 3.63) is 65.2 Å². The zero-order valence-corrected chi connectivity index (χ0v) is 14.8. The van der Waals surface area contributed by atoms with E-state index in [1.165, 1.54) is 17.7 Å². The lowest BCUT2D eigenvalue weighted by Gasteiger charge is -2.19. The highest BCUT2D eigenvalue weighted by Gasteiger charge is 2.30. The molecule has 0 radical (unpaired) electrons. The van der Waals surface area contributed by atoms with Crippen molar-refractivity contribution in [1.29, 1.82) is 0 Å². The van der Waals surface area contributed by atoms with Crippen LogP contribution in [0.2, 0.25) is 0 Å². The van der Waals surface area contributed by atoms with Crippen LogP contribution in [0.15, 0.2) is 48.5 Å². The van der Waals surface area contributed by atoms with Gasteiger partial charge in [-0.25, -0.2) is 0 Å². The summed E-state index contributed by atoms with van der Waals surface area (Å²) in [5.41, 5.74) is 1.87. The predicted molar refractivity (Wildman–Crippen MR) is 93.8 cm³/mol. The molecule has 0 saturated carbocycles. The number of rotatable bonds is 6. The number of hydrogen-bond acceptors (Lipinski definition) is 2. The highest BCUT2D eigenvalue weighted by molar-refractivity contribution is 5.30. The van der Waals surface area contributed by atoms with Crippen molar-refractivity contribution in [3.8, 4) is 5.75 Å². The minimum absolute atomic E-state index is 0.130. The maximum atomic E-state index is 12.6. The number of alkyl halides is 3. The largest absolute Gasteiger partial charge is 0.492 e. The van der Waals surface area contributed by atoms with Gasteiger partial charge in [-0.15, -0.1) is 0 Å². The van der Waals surface area contributed by atoms with Crippen molar-refractivity contribution in [2.24, 2.45) is 0 Å². The van der Waals surface area contributed by atoms with Crippen molar-refractivity contribution in [1.82, 2.24) is 5.32 Å². The minimum atomic E-state index is -4.35. The maximum Gasteiger partial charge on any atom is 0.416 e. The van der Waals surface area contributed by atoms with Gasteiger partial charge in [-0.1, -0.05) is 51.1 Å². The second-order valence-electron chi connectivity index (χ2n) is 7.00. The summed E-state index contributed by atoms with van der Waals surface area (Å²) in [5.74, 6) is 0.228. The van der Waals surface area contributed by atoms with Gasteiger partial charge < -0.3 is 10.1 Å². The molecule has 0 fully saturated rings. The molecule has 0 spiro atoms. The SMILES string of the molecule is CC(C)(C)c1ccc(CNCCOc2cccc(C(F)(F)F)c2)cc1. The predicted octanol–water partition coefficient (Wildman–Crippen LogP) is 5.17. The monoisotopic (exact) mass is 351 g/mol. The van der Waals surface area contributed by atoms with Crippen LogP contribution in [0.1, 0.15) is 37.5 Å². The Morgan fingerprint density at radius 1 is 0.920 bits per heavy atom. The van der Waals surface area contributed by atoms with E-state index in [0.717, 1.165) is 17.7 Å². The van der Waals surface area contributed by atoms with Crippen molar-refractivity contribution >= 4 is 0 Å². The van der Waals surface area contributed by atoms with Crippen molar-refractivity contribution < 1.29 is 17.9 Å². The van der Waals surface area contributed by atoms with E-state index in [0.29, 0.717) is 19.7 Å². The van der Waals surface area contributed by atoms with Gasteiger partial charge in [0.15, 0.2) is 0 Å². The molecule has 0 amide bonds. The Balaban J connectivity index is 1.75. The number of ether oxygens (including phenoxy) is 1. The molecule has 2 rings (SSSR count). The molecule has 0 atom stereocenters. The molecular weight excluding hydrogens is 327 g/mol. The zero-order valence-electron chi connectivity index (χ0n) is 14.8. The second kappa shape index (κ2) is 7.91. The lowest BCUT2D eigenvalue weighted by atomic mass is 9.87. The average Bonchev–Trinajstić information content (AvgIpc) is 2.54. The van der Waals surface area contributed by atoms with Crippen molar-refractivity contribution in [2.45, 2.75) is 38.9 Å². The van der Waals surface area contributed by atoms with E-state index in [-0.39, 0.29) is 11.2 Å². The first kappa shape index (κ1) is 19.3. The molecular formula is C20H24F3NO. The molecule has 0 bridgehead atoms. The smallest absolute Gasteiger partial charge is 0.416 e. The number of nitrogens with one attached hydrogen (secondary N) is 1. The molecule has 0 heterocycles. The standard InChI is InChI=1S/C20H24F3NO/c1-19(2,3)16-9-7-15(8-10-16)14-24-11-12-25-18-6-4-5-17(13-18)20(21,22)23/h4-10,13,24H,11-12,14H2,1-3H3. The normalized spacial score (nSPS) is 12.2. The van der Waals surface area contributed by atoms with Crippen LogP contribution < -0.4 is 10.1 Å². The Bertz CT molecular complexity index is 673. The first-order valence-corrected chi connectivity index (χ1v) is 8.26. The fourth-order valence-electron chi connectivity index (χ4n) is 2.36. The van der Waals surface area contributed by atoms with Gasteiger partial charge in [0.1, 0.15) is 12.4 Å². The molecule has 0 saturated heterocycles. The third-order valence-corrected chi connectivity index (χ3v) is 3.86. The van der Waals surface area contributed by atoms with Crippen molar-refractivity contribution in [2.75, 3.05) is 13.2 Å². The summed E-state index contributed by atoms with van der Waals surface area (Å²) in [4.78, 5) is 0. The van der Waals surface area contributed by atoms with E-state index in [4.69, 9.17) is 4.74 Å². The van der Waals surface area contributed by atoms with E-state index >= 15 is 0 Å². The Morgan fingerprint density at radius 3 is 2.20 bits per heavy atom. The molecule has 136 valence electrons. The summed E-state index contributed by atoms with van der Waals surface area (Å²) < 4.78 is 43.3. The highest BCUT2D eigenvalue weighted by atomic mass is 19.4. The molecule has 0 aromatic heterocycles. The summed E-state index contributed by atoms with van der Waals surface area (Å²) in [6.45, 7) is 8.07. The molecule has 0 aliphatic carbocycles. The van der Waals surface area contributed by atoms with Crippen LogP contribution in [0.3, 0.4) is 0 Å². The summed E-state index contributed by atoms with van der Waals surface area (Å²) in [5, 5.41) is 3.23. The summed E-state index contributed by atoms with van der Waals surface area (Å²) in [6.07, 6.45) is -4.35. The van der Waals surface area contributed by atoms with Crippen LogP contribution in [-0.4, -0.2) is 13.2 Å². The molecule has 5 heteroatoms. The molecule has 0 aliphatic heterocycles. The van der Waals surface area contributed by atoms with Gasteiger partial charge in [-0.2, -0.15) is 13.2 Å². The summed E-state index contributed by atoms with van der Waals surface area (Å²) >= 11 is 0. The molecule has 2 aromatic rings. The summed E-state index contributed by atoms with van der Waals surface area (Å²) in [7, 11) is 0. The quantitative estimate of drug-likeness (QED) is 0.725. The molecule has 2 aromatic carbocycles. The third-order valence-electron chi connectivity index (χ3n) is 3.86. The minimum Gasteiger partial charge on any atom is -0.492 e. The molecule has 2 nitrogen and oxygen atoms in total. The lowest BCUT2D eigenvalue weighted by molar-refractivity contribution is -0.137. The number of hydrogen-bond donors (Lipinski definition) is 1. The summed E-state index contributed by atoms with van der Waals surface area (Å²) in [6, 6.07) is 13.3. The van der Waals surface area contributed by atoms with Crippen LogP contribution in [0, 0.1) is 0 Å². The number of halogens is 3. The fourth-order valence-corrected chi connectivity index (χ4v) is 2.36. The Kier molecular flexibility index (Phi) is 6.11. The van der Waals surface area contributed by atoms with Gasteiger partial charge in [-0.05, 0) is 34.7 Å². The van der Waals surface area contributed by atoms with Crippen molar-refractivity contribution in [3.63, 3.8) is 0 Å². The van der Waals surface area contributed by atoms with Crippen LogP contribution in [0.5, 0.6) is 5.75 Å². The third kappa shape index (κ3) is 6.09. The first-order chi connectivity index (χ1) is 11.7. The van der Waals surface area contributed by atoms with E-state index in [1.807, 2.05) is 0 Å². The van der Waals surface area contributed by atoms with Crippen LogP contribution in [0.4, 0.5) is 13.2 Å². The van der Waals surface area contributed by atoms with Gasteiger partial charge in [0.25, 0.3) is 0 Å². The van der Waals surface area contributed by atoms with E-state index < -0.39 is 11.7 Å². The fraction of sp³-hybridized carbons (Fsp3) is 0.400. The van der Waals surface area contributed by atoms with E-state index in [2.05, 4.69) is 50.4 Å². The molecule has 25 heavy (non-hydrogen) atoms. The zero-order chi connectivity index (χ0) is 18.5. The van der Waals surface area contributed by atoms with Gasteiger partial charge in [0.05, 0.1) is 5.56 Å². The van der Waals surface area contributed by atoms with Crippen LogP contribution in [0.25, 0.3) is 0 Å². The second-order valence-corrected chi connectivity index (χ2v) is 7.00. The van der Waals surface area contributed by atoms with Gasteiger partial charge >= 0.3 is 6.18 Å².